The van der Waals surface area contributed by atoms with Gasteiger partial charge in [0.05, 0.1) is 6.04 Å². The molecule has 0 aromatic heterocycles. The maximum atomic E-state index is 12.2. The third-order valence-electron chi connectivity index (χ3n) is 3.35. The van der Waals surface area contributed by atoms with Crippen LogP contribution in [0.1, 0.15) is 24.8 Å². The van der Waals surface area contributed by atoms with E-state index in [0.717, 1.165) is 32.4 Å². The van der Waals surface area contributed by atoms with Crippen molar-refractivity contribution in [2.45, 2.75) is 31.8 Å². The van der Waals surface area contributed by atoms with Gasteiger partial charge in [-0.2, -0.15) is 0 Å². The van der Waals surface area contributed by atoms with Crippen LogP contribution in [0.2, 0.25) is 0 Å². The zero-order valence-electron chi connectivity index (χ0n) is 10.4. The van der Waals surface area contributed by atoms with Crippen LogP contribution in [0.25, 0.3) is 0 Å². The summed E-state index contributed by atoms with van der Waals surface area (Å²) in [5.41, 5.74) is 1.21. The Labute approximate surface area is 103 Å². The minimum Gasteiger partial charge on any atom is -0.337 e. The van der Waals surface area contributed by atoms with Gasteiger partial charge in [0.25, 0.3) is 0 Å². The van der Waals surface area contributed by atoms with Gasteiger partial charge in [-0.25, -0.2) is 0 Å². The van der Waals surface area contributed by atoms with Gasteiger partial charge >= 0.3 is 0 Å². The molecular formula is C14H20N2O. The molecule has 1 heterocycles. The number of nitrogens with one attached hydrogen (secondary N) is 1. The molecule has 1 saturated heterocycles. The lowest BCUT2D eigenvalue weighted by Crippen LogP contribution is -2.43. The first kappa shape index (κ1) is 12.1. The Hall–Kier alpha value is -1.35. The molecule has 1 atom stereocenters. The summed E-state index contributed by atoms with van der Waals surface area (Å²) in [4.78, 5) is 14.2. The maximum Gasteiger partial charge on any atom is 0.239 e. The van der Waals surface area contributed by atoms with E-state index in [2.05, 4.69) is 17.4 Å². The van der Waals surface area contributed by atoms with Crippen LogP contribution in [0.5, 0.6) is 0 Å². The lowest BCUT2D eigenvalue weighted by Gasteiger charge is -2.24. The molecule has 3 heteroatoms. The molecule has 1 N–H and O–H groups in total. The first-order chi connectivity index (χ1) is 8.31. The van der Waals surface area contributed by atoms with Crippen LogP contribution >= 0.6 is 0 Å². The highest BCUT2D eigenvalue weighted by atomic mass is 16.2. The number of likely N-dealkylation sites (N-methyl/N-ethyl adjacent to an activating group) is 1. The van der Waals surface area contributed by atoms with Crippen molar-refractivity contribution < 1.29 is 4.79 Å². The summed E-state index contributed by atoms with van der Waals surface area (Å²) in [6, 6.07) is 10.2. The van der Waals surface area contributed by atoms with E-state index in [1.54, 1.807) is 0 Å². The Kier molecular flexibility index (Phi) is 4.15. The highest BCUT2D eigenvalue weighted by Gasteiger charge is 2.25. The van der Waals surface area contributed by atoms with Crippen molar-refractivity contribution in [3.8, 4) is 0 Å². The number of carbonyl (C=O) groups is 1. The van der Waals surface area contributed by atoms with Gasteiger partial charge in [0.15, 0.2) is 0 Å². The average Bonchev–Trinajstić information content (AvgIpc) is 2.54. The molecule has 0 bridgehead atoms. The fourth-order valence-electron chi connectivity index (χ4n) is 2.33. The summed E-state index contributed by atoms with van der Waals surface area (Å²) in [7, 11) is 1.87. The van der Waals surface area contributed by atoms with Gasteiger partial charge in [0.2, 0.25) is 5.91 Å². The zero-order valence-corrected chi connectivity index (χ0v) is 10.4. The molecule has 17 heavy (non-hydrogen) atoms. The lowest BCUT2D eigenvalue weighted by atomic mass is 10.1. The summed E-state index contributed by atoms with van der Waals surface area (Å²) in [6.07, 6.45) is 3.19. The van der Waals surface area contributed by atoms with Crippen molar-refractivity contribution in [2.24, 2.45) is 0 Å². The van der Waals surface area contributed by atoms with Gasteiger partial charge < -0.3 is 10.2 Å². The van der Waals surface area contributed by atoms with E-state index >= 15 is 0 Å². The lowest BCUT2D eigenvalue weighted by molar-refractivity contribution is -0.133. The Balaban J connectivity index is 2.06. The standard InChI is InChI=1S/C14H20N2O/c1-15-13-9-5-6-10-16(14(13)17)11-12-7-3-2-4-8-12/h2-4,7-8,13,15H,5-6,9-11H2,1H3. The number of amides is 1. The first-order valence-electron chi connectivity index (χ1n) is 6.31. The van der Waals surface area contributed by atoms with Crippen molar-refractivity contribution in [3.05, 3.63) is 35.9 Å². The fourth-order valence-corrected chi connectivity index (χ4v) is 2.33. The van der Waals surface area contributed by atoms with E-state index in [9.17, 15) is 4.79 Å². The van der Waals surface area contributed by atoms with E-state index in [4.69, 9.17) is 0 Å². The molecule has 1 aromatic carbocycles. The normalized spacial score (nSPS) is 21.4. The van der Waals surface area contributed by atoms with E-state index in [1.807, 2.05) is 30.1 Å². The molecule has 1 amide bonds. The summed E-state index contributed by atoms with van der Waals surface area (Å²) < 4.78 is 0. The van der Waals surface area contributed by atoms with Gasteiger partial charge in [-0.15, -0.1) is 0 Å². The van der Waals surface area contributed by atoms with Crippen LogP contribution in [0.3, 0.4) is 0 Å². The average molecular weight is 232 g/mol. The van der Waals surface area contributed by atoms with Gasteiger partial charge in [-0.1, -0.05) is 30.3 Å². The van der Waals surface area contributed by atoms with E-state index < -0.39 is 0 Å². The number of hydrogen-bond acceptors (Lipinski definition) is 2. The van der Waals surface area contributed by atoms with Gasteiger partial charge in [0.1, 0.15) is 0 Å². The van der Waals surface area contributed by atoms with Crippen molar-refractivity contribution in [1.82, 2.24) is 10.2 Å². The Bertz CT molecular complexity index is 364. The Morgan fingerprint density at radius 2 is 2.06 bits per heavy atom. The molecule has 2 rings (SSSR count). The van der Waals surface area contributed by atoms with E-state index in [1.165, 1.54) is 5.56 Å². The number of likely N-dealkylation sites (tertiary alicyclic amines) is 1. The molecule has 92 valence electrons. The van der Waals surface area contributed by atoms with Crippen LogP contribution in [0, 0.1) is 0 Å². The monoisotopic (exact) mass is 232 g/mol. The second kappa shape index (κ2) is 5.82. The number of benzene rings is 1. The van der Waals surface area contributed by atoms with Crippen molar-refractivity contribution in [3.63, 3.8) is 0 Å². The fraction of sp³-hybridized carbons (Fsp3) is 0.500. The second-order valence-electron chi connectivity index (χ2n) is 4.58. The summed E-state index contributed by atoms with van der Waals surface area (Å²) in [5.74, 6) is 0.244. The van der Waals surface area contributed by atoms with Crippen LogP contribution in [0.15, 0.2) is 30.3 Å². The van der Waals surface area contributed by atoms with Crippen LogP contribution in [-0.4, -0.2) is 30.4 Å². The third-order valence-corrected chi connectivity index (χ3v) is 3.35. The van der Waals surface area contributed by atoms with E-state index in [0.29, 0.717) is 0 Å². The molecule has 0 aliphatic carbocycles. The SMILES string of the molecule is CNC1CCCCN(Cc2ccccc2)C1=O. The number of hydrogen-bond donors (Lipinski definition) is 1. The van der Waals surface area contributed by atoms with Gasteiger partial charge in [0, 0.05) is 13.1 Å². The summed E-state index contributed by atoms with van der Waals surface area (Å²) in [5, 5.41) is 3.12. The second-order valence-corrected chi connectivity index (χ2v) is 4.58. The molecule has 1 unspecified atom stereocenters. The molecule has 1 aliphatic rings. The van der Waals surface area contributed by atoms with E-state index in [-0.39, 0.29) is 11.9 Å². The largest absolute Gasteiger partial charge is 0.337 e. The minimum absolute atomic E-state index is 0.00112. The molecule has 3 nitrogen and oxygen atoms in total. The topological polar surface area (TPSA) is 32.3 Å². The minimum atomic E-state index is 0.00112. The van der Waals surface area contributed by atoms with Crippen molar-refractivity contribution >= 4 is 5.91 Å². The van der Waals surface area contributed by atoms with Gasteiger partial charge in [-0.05, 0) is 31.9 Å². The summed E-state index contributed by atoms with van der Waals surface area (Å²) in [6.45, 7) is 1.61. The third kappa shape index (κ3) is 3.07. The maximum absolute atomic E-state index is 12.2. The van der Waals surface area contributed by atoms with Gasteiger partial charge in [-0.3, -0.25) is 4.79 Å². The van der Waals surface area contributed by atoms with Crippen LogP contribution in [0.4, 0.5) is 0 Å². The molecule has 0 spiro atoms. The van der Waals surface area contributed by atoms with Crippen molar-refractivity contribution in [2.75, 3.05) is 13.6 Å². The first-order valence-corrected chi connectivity index (χ1v) is 6.31. The van der Waals surface area contributed by atoms with Crippen LogP contribution in [-0.2, 0) is 11.3 Å². The molecule has 1 aliphatic heterocycles. The predicted octanol–water partition coefficient (Wildman–Crippen LogP) is 1.79. The molecule has 0 saturated carbocycles. The highest BCUT2D eigenvalue weighted by molar-refractivity contribution is 5.82. The smallest absolute Gasteiger partial charge is 0.239 e. The Morgan fingerprint density at radius 3 is 2.76 bits per heavy atom. The predicted molar refractivity (Wildman–Crippen MR) is 68.6 cm³/mol. The quantitative estimate of drug-likeness (QED) is 0.861. The van der Waals surface area contributed by atoms with Crippen molar-refractivity contribution in [1.29, 1.82) is 0 Å². The van der Waals surface area contributed by atoms with Crippen LogP contribution < -0.4 is 5.32 Å². The zero-order chi connectivity index (χ0) is 12.1. The number of rotatable bonds is 3. The molecule has 1 fully saturated rings. The Morgan fingerprint density at radius 1 is 1.29 bits per heavy atom. The number of carbonyl (C=O) groups excluding carboxylic acids is 1. The molecule has 1 aromatic rings. The summed E-state index contributed by atoms with van der Waals surface area (Å²) >= 11 is 0. The molecular weight excluding hydrogens is 212 g/mol. The number of nitrogens with zero attached hydrogens (tertiary/aromatic N) is 1. The highest BCUT2D eigenvalue weighted by Crippen LogP contribution is 2.14. The molecule has 0 radical (unpaired) electrons.